The summed E-state index contributed by atoms with van der Waals surface area (Å²) in [5.41, 5.74) is 2.68. The summed E-state index contributed by atoms with van der Waals surface area (Å²) in [5, 5.41) is 11.7. The van der Waals surface area contributed by atoms with Crippen molar-refractivity contribution in [1.82, 2.24) is 14.7 Å². The van der Waals surface area contributed by atoms with Crippen molar-refractivity contribution in [2.24, 2.45) is 0 Å². The quantitative estimate of drug-likeness (QED) is 0.850. The molecule has 0 aromatic carbocycles. The molecule has 0 fully saturated rings. The van der Waals surface area contributed by atoms with Crippen LogP contribution in [-0.2, 0) is 11.2 Å². The van der Waals surface area contributed by atoms with Gasteiger partial charge in [-0.2, -0.15) is 0 Å². The van der Waals surface area contributed by atoms with Crippen LogP contribution in [0.3, 0.4) is 0 Å². The average molecular weight is 368 g/mol. The van der Waals surface area contributed by atoms with Crippen LogP contribution in [0.2, 0.25) is 0 Å². The van der Waals surface area contributed by atoms with Gasteiger partial charge in [0.15, 0.2) is 0 Å². The average Bonchev–Trinajstić information content (AvgIpc) is 2.82. The Kier molecular flexibility index (Phi) is 4.85. The Morgan fingerprint density at radius 3 is 2.68 bits per heavy atom. The van der Waals surface area contributed by atoms with Crippen molar-refractivity contribution < 1.29 is 14.7 Å². The summed E-state index contributed by atoms with van der Waals surface area (Å²) in [5.74, 6) is -1.46. The fourth-order valence-corrected chi connectivity index (χ4v) is 2.92. The van der Waals surface area contributed by atoms with E-state index in [9.17, 15) is 9.59 Å². The first-order valence-corrected chi connectivity index (χ1v) is 7.89. The van der Waals surface area contributed by atoms with E-state index in [1.54, 1.807) is 17.5 Å². The molecule has 0 aliphatic rings. The molecule has 1 amide bonds. The van der Waals surface area contributed by atoms with Gasteiger partial charge in [-0.15, -0.1) is 0 Å². The van der Waals surface area contributed by atoms with Crippen molar-refractivity contribution in [3.05, 3.63) is 33.7 Å². The smallest absolute Gasteiger partial charge is 0.326 e. The summed E-state index contributed by atoms with van der Waals surface area (Å²) < 4.78 is 2.54. The van der Waals surface area contributed by atoms with Gasteiger partial charge in [-0.05, 0) is 47.3 Å². The van der Waals surface area contributed by atoms with E-state index in [1.807, 2.05) is 19.9 Å². The van der Waals surface area contributed by atoms with E-state index in [2.05, 4.69) is 26.2 Å². The third-order valence-corrected chi connectivity index (χ3v) is 3.94. The molecule has 0 saturated heterocycles. The zero-order chi connectivity index (χ0) is 16.4. The highest BCUT2D eigenvalue weighted by molar-refractivity contribution is 9.10. The number of hydrogen-bond acceptors (Lipinski definition) is 3. The lowest BCUT2D eigenvalue weighted by atomic mass is 10.2. The molecule has 6 nitrogen and oxygen atoms in total. The molecule has 2 aromatic rings. The van der Waals surface area contributed by atoms with Gasteiger partial charge in [-0.25, -0.2) is 9.78 Å². The number of nitrogens with zero attached hydrogens (tertiary/aromatic N) is 2. The molecule has 0 aliphatic carbocycles. The number of hydrogen-bond donors (Lipinski definition) is 2. The number of imidazole rings is 1. The number of carbonyl (C=O) groups is 2. The monoisotopic (exact) mass is 367 g/mol. The van der Waals surface area contributed by atoms with Crippen molar-refractivity contribution in [3.8, 4) is 0 Å². The molecule has 7 heteroatoms. The van der Waals surface area contributed by atoms with Gasteiger partial charge in [0.25, 0.3) is 5.91 Å². The van der Waals surface area contributed by atoms with Crippen LogP contribution in [0.15, 0.2) is 16.7 Å². The molecular weight excluding hydrogens is 350 g/mol. The van der Waals surface area contributed by atoms with Crippen molar-refractivity contribution in [2.45, 2.75) is 39.7 Å². The van der Waals surface area contributed by atoms with Gasteiger partial charge >= 0.3 is 5.97 Å². The number of nitrogens with one attached hydrogen (secondary N) is 1. The van der Waals surface area contributed by atoms with Gasteiger partial charge in [0.05, 0.1) is 5.69 Å². The maximum Gasteiger partial charge on any atom is 0.326 e. The Bertz CT molecular complexity index is 739. The third-order valence-electron chi connectivity index (χ3n) is 3.50. The number of carboxylic acid groups (broad SMARTS) is 1. The van der Waals surface area contributed by atoms with Crippen molar-refractivity contribution >= 4 is 33.5 Å². The molecule has 0 radical (unpaired) electrons. The highest BCUT2D eigenvalue weighted by Gasteiger charge is 2.24. The molecule has 0 saturated carbocycles. The summed E-state index contributed by atoms with van der Waals surface area (Å²) in [7, 11) is 0. The van der Waals surface area contributed by atoms with Gasteiger partial charge in [0.2, 0.25) is 0 Å². The number of aryl methyl sites for hydroxylation is 2. The number of rotatable bonds is 5. The van der Waals surface area contributed by atoms with E-state index < -0.39 is 17.9 Å². The predicted octanol–water partition coefficient (Wildman–Crippen LogP) is 2.56. The second-order valence-electron chi connectivity index (χ2n) is 5.07. The Hall–Kier alpha value is -1.89. The first-order valence-electron chi connectivity index (χ1n) is 7.09. The Morgan fingerprint density at radius 1 is 1.45 bits per heavy atom. The zero-order valence-corrected chi connectivity index (χ0v) is 14.3. The second-order valence-corrected chi connectivity index (χ2v) is 5.98. The highest BCUT2D eigenvalue weighted by atomic mass is 79.9. The lowest BCUT2D eigenvalue weighted by Gasteiger charge is -2.13. The standard InChI is InChI=1S/C15H18BrN3O3/c1-4-10-12(14(20)18-11(5-2)15(21)22)19-7-9(16)6-8(3)13(19)17-10/h6-7,11H,4-5H2,1-3H3,(H,18,20)(H,21,22). The minimum absolute atomic E-state index is 0.321. The Balaban J connectivity index is 2.53. The molecule has 0 aliphatic heterocycles. The van der Waals surface area contributed by atoms with E-state index in [1.165, 1.54) is 0 Å². The molecule has 22 heavy (non-hydrogen) atoms. The van der Waals surface area contributed by atoms with Crippen LogP contribution in [0, 0.1) is 6.92 Å². The second kappa shape index (κ2) is 6.48. The minimum Gasteiger partial charge on any atom is -0.480 e. The molecule has 0 bridgehead atoms. The molecule has 2 rings (SSSR count). The van der Waals surface area contributed by atoms with Crippen LogP contribution >= 0.6 is 15.9 Å². The SMILES string of the molecule is CCc1nc2c(C)cc(Br)cn2c1C(=O)NC(CC)C(=O)O. The summed E-state index contributed by atoms with van der Waals surface area (Å²) in [6, 6.07) is 1.02. The summed E-state index contributed by atoms with van der Waals surface area (Å²) in [6.45, 7) is 5.55. The van der Waals surface area contributed by atoms with Crippen molar-refractivity contribution in [1.29, 1.82) is 0 Å². The lowest BCUT2D eigenvalue weighted by molar-refractivity contribution is -0.139. The van der Waals surface area contributed by atoms with Crippen LogP contribution < -0.4 is 5.32 Å². The van der Waals surface area contributed by atoms with Crippen LogP contribution in [0.1, 0.15) is 42.0 Å². The minimum atomic E-state index is -1.04. The maximum atomic E-state index is 12.5. The van der Waals surface area contributed by atoms with E-state index in [0.717, 1.165) is 10.0 Å². The number of fused-ring (bicyclic) bond motifs is 1. The molecule has 2 N–H and O–H groups in total. The zero-order valence-electron chi connectivity index (χ0n) is 12.7. The van der Waals surface area contributed by atoms with Crippen molar-refractivity contribution in [3.63, 3.8) is 0 Å². The Morgan fingerprint density at radius 2 is 2.14 bits per heavy atom. The van der Waals surface area contributed by atoms with Gasteiger partial charge in [0.1, 0.15) is 17.4 Å². The number of aliphatic carboxylic acids is 1. The molecule has 118 valence electrons. The largest absolute Gasteiger partial charge is 0.480 e. The summed E-state index contributed by atoms with van der Waals surface area (Å²) in [4.78, 5) is 28.2. The number of amides is 1. The number of aromatic nitrogens is 2. The fourth-order valence-electron chi connectivity index (χ4n) is 2.37. The normalized spacial score (nSPS) is 12.4. The lowest BCUT2D eigenvalue weighted by Crippen LogP contribution is -2.41. The van der Waals surface area contributed by atoms with Crippen molar-refractivity contribution in [2.75, 3.05) is 0 Å². The molecular formula is C15H18BrN3O3. The first-order chi connectivity index (χ1) is 10.4. The van der Waals surface area contributed by atoms with Crippen LogP contribution in [-0.4, -0.2) is 32.4 Å². The fraction of sp³-hybridized carbons (Fsp3) is 0.400. The van der Waals surface area contributed by atoms with Crippen LogP contribution in [0.25, 0.3) is 5.65 Å². The maximum absolute atomic E-state index is 12.5. The van der Waals surface area contributed by atoms with E-state index >= 15 is 0 Å². The topological polar surface area (TPSA) is 83.7 Å². The molecule has 2 heterocycles. The molecule has 1 atom stereocenters. The molecule has 0 spiro atoms. The first kappa shape index (κ1) is 16.5. The predicted molar refractivity (Wildman–Crippen MR) is 86.2 cm³/mol. The van der Waals surface area contributed by atoms with E-state index in [4.69, 9.17) is 5.11 Å². The van der Waals surface area contributed by atoms with E-state index in [-0.39, 0.29) is 0 Å². The van der Waals surface area contributed by atoms with E-state index in [0.29, 0.717) is 29.9 Å². The summed E-state index contributed by atoms with van der Waals surface area (Å²) in [6.07, 6.45) is 2.68. The number of pyridine rings is 1. The summed E-state index contributed by atoms with van der Waals surface area (Å²) >= 11 is 3.41. The van der Waals surface area contributed by atoms with Crippen LogP contribution in [0.5, 0.6) is 0 Å². The van der Waals surface area contributed by atoms with Crippen LogP contribution in [0.4, 0.5) is 0 Å². The number of carbonyl (C=O) groups excluding carboxylic acids is 1. The molecule has 2 aromatic heterocycles. The van der Waals surface area contributed by atoms with Gasteiger partial charge in [-0.1, -0.05) is 13.8 Å². The van der Waals surface area contributed by atoms with Gasteiger partial charge < -0.3 is 10.4 Å². The number of halogens is 1. The molecule has 1 unspecified atom stereocenters. The van der Waals surface area contributed by atoms with Gasteiger partial charge in [0, 0.05) is 10.7 Å². The Labute approximate surface area is 136 Å². The third kappa shape index (κ3) is 2.99. The van der Waals surface area contributed by atoms with Gasteiger partial charge in [-0.3, -0.25) is 9.20 Å². The number of carboxylic acids is 1. The highest BCUT2D eigenvalue weighted by Crippen LogP contribution is 2.21.